The van der Waals surface area contributed by atoms with Crippen LogP contribution in [-0.2, 0) is 11.3 Å². The monoisotopic (exact) mass is 460 g/mol. The summed E-state index contributed by atoms with van der Waals surface area (Å²) in [5.74, 6) is 1.93. The SMILES string of the molecule is COc1cc(CNC(=O)C2=C(c3cccc(C4=CC(O)=CCC4C)c3)CCNC2)cc(OC)c1. The predicted octanol–water partition coefficient (Wildman–Crippen LogP) is 4.63. The number of carbonyl (C=O) groups is 1. The lowest BCUT2D eigenvalue weighted by atomic mass is 9.85. The highest BCUT2D eigenvalue weighted by Gasteiger charge is 2.22. The molecule has 0 saturated heterocycles. The van der Waals surface area contributed by atoms with Gasteiger partial charge in [0.05, 0.1) is 14.2 Å². The normalized spacial score (nSPS) is 18.1. The number of nitrogens with one attached hydrogen (secondary N) is 2. The third-order valence-corrected chi connectivity index (χ3v) is 6.42. The molecule has 1 amide bonds. The third-order valence-electron chi connectivity index (χ3n) is 6.42. The molecule has 4 rings (SSSR count). The van der Waals surface area contributed by atoms with Crippen LogP contribution in [-0.4, -0.2) is 38.3 Å². The summed E-state index contributed by atoms with van der Waals surface area (Å²) < 4.78 is 10.7. The van der Waals surface area contributed by atoms with E-state index < -0.39 is 0 Å². The van der Waals surface area contributed by atoms with E-state index in [9.17, 15) is 9.90 Å². The molecule has 178 valence electrons. The molecule has 0 bridgehead atoms. The van der Waals surface area contributed by atoms with Gasteiger partial charge in [0.1, 0.15) is 17.3 Å². The van der Waals surface area contributed by atoms with Crippen molar-refractivity contribution in [3.8, 4) is 11.5 Å². The van der Waals surface area contributed by atoms with Gasteiger partial charge < -0.3 is 25.2 Å². The number of methoxy groups -OCH3 is 2. The van der Waals surface area contributed by atoms with Gasteiger partial charge in [0, 0.05) is 24.7 Å². The number of allylic oxidation sites excluding steroid dienone is 3. The second-order valence-electron chi connectivity index (χ2n) is 8.73. The fourth-order valence-electron chi connectivity index (χ4n) is 4.52. The van der Waals surface area contributed by atoms with E-state index >= 15 is 0 Å². The minimum Gasteiger partial charge on any atom is -0.508 e. The number of aliphatic hydroxyl groups is 1. The van der Waals surface area contributed by atoms with Gasteiger partial charge in [0.15, 0.2) is 0 Å². The number of ether oxygens (including phenoxy) is 2. The van der Waals surface area contributed by atoms with Gasteiger partial charge in [-0.2, -0.15) is 0 Å². The molecule has 1 atom stereocenters. The van der Waals surface area contributed by atoms with Crippen LogP contribution in [0.15, 0.2) is 65.9 Å². The summed E-state index contributed by atoms with van der Waals surface area (Å²) in [6, 6.07) is 13.9. The summed E-state index contributed by atoms with van der Waals surface area (Å²) >= 11 is 0. The standard InChI is InChI=1S/C28H32N2O4/c1-18-7-8-22(31)14-26(18)21-6-4-5-20(13-21)25-9-10-29-17-27(25)28(32)30-16-19-11-23(33-2)15-24(12-19)34-3/h4-6,8,11-15,18,29,31H,7,9-10,16-17H2,1-3H3,(H,30,32). The molecule has 1 aliphatic carbocycles. The molecule has 3 N–H and O–H groups in total. The fraction of sp³-hybridized carbons (Fsp3) is 0.321. The van der Waals surface area contributed by atoms with Crippen LogP contribution in [0, 0.1) is 5.92 Å². The number of rotatable bonds is 7. The quantitative estimate of drug-likeness (QED) is 0.561. The van der Waals surface area contributed by atoms with E-state index in [0.717, 1.165) is 52.8 Å². The summed E-state index contributed by atoms with van der Waals surface area (Å²) in [5, 5.41) is 16.4. The Balaban J connectivity index is 1.58. The fourth-order valence-corrected chi connectivity index (χ4v) is 4.52. The van der Waals surface area contributed by atoms with Crippen LogP contribution in [0.2, 0.25) is 0 Å². The predicted molar refractivity (Wildman–Crippen MR) is 135 cm³/mol. The van der Waals surface area contributed by atoms with E-state index in [1.54, 1.807) is 14.2 Å². The van der Waals surface area contributed by atoms with Gasteiger partial charge in [0.25, 0.3) is 0 Å². The number of carbonyl (C=O) groups excluding carboxylic acids is 1. The second-order valence-corrected chi connectivity index (χ2v) is 8.73. The Labute approximate surface area is 201 Å². The first-order valence-corrected chi connectivity index (χ1v) is 11.6. The van der Waals surface area contributed by atoms with E-state index in [1.165, 1.54) is 0 Å². The first-order chi connectivity index (χ1) is 16.5. The van der Waals surface area contributed by atoms with Gasteiger partial charge in [-0.15, -0.1) is 0 Å². The summed E-state index contributed by atoms with van der Waals surface area (Å²) in [7, 11) is 3.22. The molecule has 0 fully saturated rings. The van der Waals surface area contributed by atoms with E-state index in [4.69, 9.17) is 9.47 Å². The average Bonchev–Trinajstić information content (AvgIpc) is 2.88. The van der Waals surface area contributed by atoms with E-state index in [1.807, 2.05) is 36.4 Å². The second kappa shape index (κ2) is 10.6. The zero-order valence-corrected chi connectivity index (χ0v) is 20.0. The summed E-state index contributed by atoms with van der Waals surface area (Å²) in [5.41, 5.74) is 5.97. The molecule has 1 unspecified atom stereocenters. The molecule has 1 aliphatic heterocycles. The number of benzene rings is 2. The summed E-state index contributed by atoms with van der Waals surface area (Å²) in [6.45, 7) is 3.89. The Morgan fingerprint density at radius 2 is 1.85 bits per heavy atom. The molecule has 2 aliphatic rings. The Morgan fingerprint density at radius 3 is 2.59 bits per heavy atom. The topological polar surface area (TPSA) is 79.8 Å². The van der Waals surface area contributed by atoms with Gasteiger partial charge in [-0.1, -0.05) is 25.1 Å². The van der Waals surface area contributed by atoms with Crippen molar-refractivity contribution in [1.82, 2.24) is 10.6 Å². The average molecular weight is 461 g/mol. The third kappa shape index (κ3) is 5.34. The minimum atomic E-state index is -0.0831. The summed E-state index contributed by atoms with van der Waals surface area (Å²) in [4.78, 5) is 13.2. The first-order valence-electron chi connectivity index (χ1n) is 11.6. The van der Waals surface area contributed by atoms with Crippen LogP contribution in [0.5, 0.6) is 11.5 Å². The molecule has 0 radical (unpaired) electrons. The molecular weight excluding hydrogens is 428 g/mol. The highest BCUT2D eigenvalue weighted by atomic mass is 16.5. The number of aliphatic hydroxyl groups excluding tert-OH is 1. The van der Waals surface area contributed by atoms with Crippen molar-refractivity contribution in [3.05, 3.63) is 82.6 Å². The Kier molecular flexibility index (Phi) is 7.38. The lowest BCUT2D eigenvalue weighted by molar-refractivity contribution is -0.117. The minimum absolute atomic E-state index is 0.0831. The first kappa shape index (κ1) is 23.6. The van der Waals surface area contributed by atoms with Gasteiger partial charge in [-0.25, -0.2) is 0 Å². The maximum atomic E-state index is 13.2. The Hall–Kier alpha value is -3.51. The number of amides is 1. The molecule has 0 saturated carbocycles. The molecule has 2 aromatic carbocycles. The van der Waals surface area contributed by atoms with Crippen LogP contribution in [0.25, 0.3) is 11.1 Å². The number of hydrogen-bond donors (Lipinski definition) is 3. The van der Waals surface area contributed by atoms with Crippen molar-refractivity contribution in [2.45, 2.75) is 26.3 Å². The highest BCUT2D eigenvalue weighted by molar-refractivity contribution is 6.02. The molecular formula is C28H32N2O4. The van der Waals surface area contributed by atoms with Crippen molar-refractivity contribution < 1.29 is 19.4 Å². The molecule has 34 heavy (non-hydrogen) atoms. The van der Waals surface area contributed by atoms with Gasteiger partial charge in [-0.3, -0.25) is 4.79 Å². The molecule has 0 aromatic heterocycles. The lowest BCUT2D eigenvalue weighted by Crippen LogP contribution is -2.34. The van der Waals surface area contributed by atoms with Crippen LogP contribution in [0.3, 0.4) is 0 Å². The van der Waals surface area contributed by atoms with Crippen LogP contribution in [0.4, 0.5) is 0 Å². The molecule has 6 heteroatoms. The molecule has 6 nitrogen and oxygen atoms in total. The highest BCUT2D eigenvalue weighted by Crippen LogP contribution is 2.34. The summed E-state index contributed by atoms with van der Waals surface area (Å²) in [6.07, 6.45) is 5.30. The van der Waals surface area contributed by atoms with Gasteiger partial charge in [0.2, 0.25) is 5.91 Å². The number of hydrogen-bond acceptors (Lipinski definition) is 5. The zero-order chi connectivity index (χ0) is 24.1. The van der Waals surface area contributed by atoms with Crippen molar-refractivity contribution in [3.63, 3.8) is 0 Å². The van der Waals surface area contributed by atoms with Crippen molar-refractivity contribution in [2.24, 2.45) is 5.92 Å². The Bertz CT molecular complexity index is 1140. The smallest absolute Gasteiger partial charge is 0.249 e. The molecule has 1 heterocycles. The zero-order valence-electron chi connectivity index (χ0n) is 20.0. The van der Waals surface area contributed by atoms with Crippen molar-refractivity contribution in [1.29, 1.82) is 0 Å². The van der Waals surface area contributed by atoms with Crippen LogP contribution in [0.1, 0.15) is 36.5 Å². The Morgan fingerprint density at radius 1 is 1.12 bits per heavy atom. The molecule has 2 aromatic rings. The van der Waals surface area contributed by atoms with Crippen molar-refractivity contribution in [2.75, 3.05) is 27.3 Å². The van der Waals surface area contributed by atoms with Gasteiger partial charge >= 0.3 is 0 Å². The van der Waals surface area contributed by atoms with E-state index in [0.29, 0.717) is 36.3 Å². The van der Waals surface area contributed by atoms with Crippen LogP contribution >= 0.6 is 0 Å². The van der Waals surface area contributed by atoms with Crippen LogP contribution < -0.4 is 20.1 Å². The van der Waals surface area contributed by atoms with E-state index in [2.05, 4.69) is 35.8 Å². The largest absolute Gasteiger partial charge is 0.508 e. The van der Waals surface area contributed by atoms with Crippen molar-refractivity contribution >= 4 is 17.1 Å². The maximum Gasteiger partial charge on any atom is 0.249 e. The van der Waals surface area contributed by atoms with E-state index in [-0.39, 0.29) is 5.91 Å². The lowest BCUT2D eigenvalue weighted by Gasteiger charge is -2.23. The van der Waals surface area contributed by atoms with Gasteiger partial charge in [-0.05, 0) is 83.5 Å². The molecule has 0 spiro atoms. The maximum absolute atomic E-state index is 13.2.